The summed E-state index contributed by atoms with van der Waals surface area (Å²) in [5, 5.41) is 9.61. The number of hydrogen-bond donors (Lipinski definition) is 0. The maximum absolute atomic E-state index is 14.5. The van der Waals surface area contributed by atoms with Crippen molar-refractivity contribution in [2.45, 2.75) is 32.2 Å². The van der Waals surface area contributed by atoms with E-state index >= 15 is 0 Å². The van der Waals surface area contributed by atoms with Crippen molar-refractivity contribution in [3.63, 3.8) is 0 Å². The molecule has 2 aromatic rings. The molecule has 0 radical (unpaired) electrons. The summed E-state index contributed by atoms with van der Waals surface area (Å²) in [5.41, 5.74) is 0.289. The van der Waals surface area contributed by atoms with E-state index in [4.69, 9.17) is 22.8 Å². The average Bonchev–Trinajstić information content (AvgIpc) is 2.76. The second-order valence-electron chi connectivity index (χ2n) is 5.71. The van der Waals surface area contributed by atoms with Crippen LogP contribution < -0.4 is 10.4 Å². The Morgan fingerprint density at radius 3 is 2.88 bits per heavy atom. The second kappa shape index (κ2) is 7.04. The molecule has 1 aliphatic rings. The van der Waals surface area contributed by atoms with Crippen LogP contribution in [0.15, 0.2) is 16.9 Å². The minimum Gasteiger partial charge on any atom is -0.479 e. The van der Waals surface area contributed by atoms with Gasteiger partial charge in [0.25, 0.3) is 0 Å². The number of imidazole rings is 1. The van der Waals surface area contributed by atoms with Crippen molar-refractivity contribution >= 4 is 11.6 Å². The van der Waals surface area contributed by atoms with Crippen LogP contribution in [-0.4, -0.2) is 15.7 Å². The third kappa shape index (κ3) is 3.01. The number of halogens is 2. The van der Waals surface area contributed by atoms with Gasteiger partial charge in [-0.05, 0) is 25.3 Å². The van der Waals surface area contributed by atoms with Gasteiger partial charge in [-0.2, -0.15) is 5.26 Å². The van der Waals surface area contributed by atoms with E-state index in [2.05, 4.69) is 5.92 Å². The molecule has 0 bridgehead atoms. The minimum absolute atomic E-state index is 0.0446. The molecule has 0 saturated carbocycles. The highest BCUT2D eigenvalue weighted by Gasteiger charge is 2.24. The van der Waals surface area contributed by atoms with E-state index in [1.807, 2.05) is 6.07 Å². The summed E-state index contributed by atoms with van der Waals surface area (Å²) < 4.78 is 22.5. The monoisotopic (exact) mass is 359 g/mol. The lowest BCUT2D eigenvalue weighted by atomic mass is 10.1. The predicted octanol–water partition coefficient (Wildman–Crippen LogP) is 3.04. The van der Waals surface area contributed by atoms with Crippen LogP contribution in [0.2, 0.25) is 5.02 Å². The molecule has 0 atom stereocenters. The largest absolute Gasteiger partial charge is 0.479 e. The van der Waals surface area contributed by atoms with Gasteiger partial charge in [0.05, 0.1) is 16.4 Å². The summed E-state index contributed by atoms with van der Waals surface area (Å²) in [6, 6.07) is 4.40. The zero-order chi connectivity index (χ0) is 18.0. The third-order valence-electron chi connectivity index (χ3n) is 4.20. The number of terminal acetylenes is 1. The molecular formula is C18H15ClFN3O2. The fraction of sp³-hybridized carbons (Fsp3) is 0.333. The Labute approximate surface area is 149 Å². The Morgan fingerprint density at radius 2 is 2.16 bits per heavy atom. The van der Waals surface area contributed by atoms with Gasteiger partial charge in [-0.15, -0.1) is 6.42 Å². The van der Waals surface area contributed by atoms with Crippen LogP contribution in [0.4, 0.5) is 4.39 Å². The highest BCUT2D eigenvalue weighted by molar-refractivity contribution is 6.32. The van der Waals surface area contributed by atoms with Gasteiger partial charge in [0.2, 0.25) is 0 Å². The van der Waals surface area contributed by atoms with E-state index in [1.54, 1.807) is 4.57 Å². The Kier molecular flexibility index (Phi) is 4.83. The molecule has 2 heterocycles. The highest BCUT2D eigenvalue weighted by Crippen LogP contribution is 2.30. The zero-order valence-electron chi connectivity index (χ0n) is 13.4. The van der Waals surface area contributed by atoms with Crippen molar-refractivity contribution in [1.29, 1.82) is 5.26 Å². The van der Waals surface area contributed by atoms with Gasteiger partial charge in [0.1, 0.15) is 29.9 Å². The molecule has 7 heteroatoms. The summed E-state index contributed by atoms with van der Waals surface area (Å²) in [5.74, 6) is 1.75. The number of fused-ring (bicyclic) bond motifs is 1. The van der Waals surface area contributed by atoms with Crippen LogP contribution in [0.3, 0.4) is 0 Å². The van der Waals surface area contributed by atoms with E-state index < -0.39 is 11.5 Å². The maximum Gasteiger partial charge on any atom is 0.334 e. The van der Waals surface area contributed by atoms with Gasteiger partial charge >= 0.3 is 5.69 Å². The Balaban J connectivity index is 2.22. The van der Waals surface area contributed by atoms with Gasteiger partial charge in [0, 0.05) is 12.6 Å². The number of nitrogens with zero attached hydrogens (tertiary/aromatic N) is 3. The quantitative estimate of drug-likeness (QED) is 0.791. The summed E-state index contributed by atoms with van der Waals surface area (Å²) in [4.78, 5) is 12.8. The molecule has 0 unspecified atom stereocenters. The van der Waals surface area contributed by atoms with Crippen molar-refractivity contribution < 1.29 is 9.13 Å². The molecule has 128 valence electrons. The van der Waals surface area contributed by atoms with Gasteiger partial charge in [-0.3, -0.25) is 4.57 Å². The molecule has 1 aromatic heterocycles. The molecule has 1 aliphatic heterocycles. The van der Waals surface area contributed by atoms with Crippen LogP contribution in [0.25, 0.3) is 5.69 Å². The third-order valence-corrected chi connectivity index (χ3v) is 4.49. The molecule has 0 fully saturated rings. The molecule has 25 heavy (non-hydrogen) atoms. The number of aromatic nitrogens is 2. The van der Waals surface area contributed by atoms with E-state index in [1.165, 1.54) is 6.07 Å². The molecule has 0 aliphatic carbocycles. The fourth-order valence-corrected chi connectivity index (χ4v) is 3.27. The lowest BCUT2D eigenvalue weighted by molar-refractivity contribution is 0.369. The lowest BCUT2D eigenvalue weighted by Crippen LogP contribution is -2.25. The molecule has 0 amide bonds. The van der Waals surface area contributed by atoms with E-state index in [0.29, 0.717) is 18.7 Å². The van der Waals surface area contributed by atoms with Crippen molar-refractivity contribution in [2.75, 3.05) is 6.61 Å². The van der Waals surface area contributed by atoms with Crippen molar-refractivity contribution in [2.24, 2.45) is 0 Å². The molecule has 0 N–H and O–H groups in total. The molecule has 0 saturated heterocycles. The SMILES string of the molecule is C#CCOc1cc(-n2c(C#N)c3n(c2=O)CCCCC3)c(F)cc1Cl. The van der Waals surface area contributed by atoms with Crippen LogP contribution in [0.5, 0.6) is 5.75 Å². The Morgan fingerprint density at radius 1 is 1.36 bits per heavy atom. The summed E-state index contributed by atoms with van der Waals surface area (Å²) in [6.07, 6.45) is 8.50. The molecular weight excluding hydrogens is 345 g/mol. The molecule has 0 spiro atoms. The smallest absolute Gasteiger partial charge is 0.334 e. The number of nitriles is 1. The molecule has 5 nitrogen and oxygen atoms in total. The van der Waals surface area contributed by atoms with E-state index in [0.717, 1.165) is 29.9 Å². The number of benzene rings is 1. The highest BCUT2D eigenvalue weighted by atomic mass is 35.5. The van der Waals surface area contributed by atoms with Crippen LogP contribution in [-0.2, 0) is 13.0 Å². The lowest BCUT2D eigenvalue weighted by Gasteiger charge is -2.10. The van der Waals surface area contributed by atoms with Gasteiger partial charge in [-0.1, -0.05) is 23.9 Å². The summed E-state index contributed by atoms with van der Waals surface area (Å²) in [6.45, 7) is 0.475. The molecule has 1 aromatic carbocycles. The van der Waals surface area contributed by atoms with E-state index in [9.17, 15) is 14.4 Å². The number of rotatable bonds is 3. The fourth-order valence-electron chi connectivity index (χ4n) is 3.07. The van der Waals surface area contributed by atoms with Gasteiger partial charge < -0.3 is 4.74 Å². The summed E-state index contributed by atoms with van der Waals surface area (Å²) >= 11 is 5.97. The standard InChI is InChI=1S/C18H15ClFN3O2/c1-2-8-25-17-10-15(13(20)9-12(17)19)23-16(11-21)14-6-4-3-5-7-22(14)18(23)24/h1,9-10H,3-8H2. The minimum atomic E-state index is -0.711. The molecule has 3 rings (SSSR count). The van der Waals surface area contributed by atoms with Crippen LogP contribution in [0.1, 0.15) is 30.7 Å². The predicted molar refractivity (Wildman–Crippen MR) is 91.6 cm³/mol. The second-order valence-corrected chi connectivity index (χ2v) is 6.12. The van der Waals surface area contributed by atoms with Gasteiger partial charge in [0.15, 0.2) is 0 Å². The normalized spacial score (nSPS) is 13.4. The summed E-state index contributed by atoms with van der Waals surface area (Å²) in [7, 11) is 0. The van der Waals surface area contributed by atoms with Crippen molar-refractivity contribution in [3.8, 4) is 29.8 Å². The Bertz CT molecular complexity index is 963. The number of ether oxygens (including phenoxy) is 1. The van der Waals surface area contributed by atoms with E-state index in [-0.39, 0.29) is 28.8 Å². The van der Waals surface area contributed by atoms with Crippen LogP contribution in [0, 0.1) is 29.5 Å². The topological polar surface area (TPSA) is 60.0 Å². The van der Waals surface area contributed by atoms with Crippen LogP contribution >= 0.6 is 11.6 Å². The first-order valence-corrected chi connectivity index (χ1v) is 8.26. The average molecular weight is 360 g/mol. The maximum atomic E-state index is 14.5. The van der Waals surface area contributed by atoms with Gasteiger partial charge in [-0.25, -0.2) is 13.8 Å². The first kappa shape index (κ1) is 17.1. The van der Waals surface area contributed by atoms with Crippen molar-refractivity contribution in [3.05, 3.63) is 44.8 Å². The Hall–Kier alpha value is -2.70. The first-order valence-electron chi connectivity index (χ1n) is 7.88. The zero-order valence-corrected chi connectivity index (χ0v) is 14.1. The first-order chi connectivity index (χ1) is 12.1. The van der Waals surface area contributed by atoms with Crippen molar-refractivity contribution in [1.82, 2.24) is 9.13 Å². The number of hydrogen-bond acceptors (Lipinski definition) is 3.